The molecular weight excluding hydrogens is 372 g/mol. The van der Waals surface area contributed by atoms with Gasteiger partial charge in [-0.2, -0.15) is 11.8 Å². The van der Waals surface area contributed by atoms with Crippen LogP contribution in [-0.2, 0) is 16.0 Å². The highest BCUT2D eigenvalue weighted by molar-refractivity contribution is 7.98. The first kappa shape index (κ1) is 21.2. The van der Waals surface area contributed by atoms with E-state index in [2.05, 4.69) is 12.1 Å². The maximum atomic E-state index is 12.5. The minimum atomic E-state index is -0.878. The van der Waals surface area contributed by atoms with Crippen molar-refractivity contribution in [1.82, 2.24) is 9.80 Å². The summed E-state index contributed by atoms with van der Waals surface area (Å²) in [6.45, 7) is 2.95. The predicted octanol–water partition coefficient (Wildman–Crippen LogP) is 2.57. The third-order valence-corrected chi connectivity index (χ3v) is 6.92. The van der Waals surface area contributed by atoms with Gasteiger partial charge in [-0.1, -0.05) is 30.3 Å². The van der Waals surface area contributed by atoms with Crippen LogP contribution in [0.2, 0.25) is 0 Å². The lowest BCUT2D eigenvalue weighted by Crippen LogP contribution is -2.53. The molecule has 2 heterocycles. The van der Waals surface area contributed by atoms with Crippen molar-refractivity contribution in [2.24, 2.45) is 5.41 Å². The number of piperidine rings is 2. The van der Waals surface area contributed by atoms with E-state index >= 15 is 0 Å². The van der Waals surface area contributed by atoms with Crippen LogP contribution in [0.5, 0.6) is 0 Å². The van der Waals surface area contributed by atoms with E-state index in [-0.39, 0.29) is 17.2 Å². The maximum absolute atomic E-state index is 12.5. The molecule has 0 bridgehead atoms. The highest BCUT2D eigenvalue weighted by Crippen LogP contribution is 2.40. The average molecular weight is 405 g/mol. The highest BCUT2D eigenvalue weighted by atomic mass is 32.2. The van der Waals surface area contributed by atoms with E-state index in [9.17, 15) is 14.7 Å². The van der Waals surface area contributed by atoms with Crippen molar-refractivity contribution in [2.45, 2.75) is 44.6 Å². The van der Waals surface area contributed by atoms with Crippen molar-refractivity contribution in [1.29, 1.82) is 0 Å². The lowest BCUT2D eigenvalue weighted by atomic mass is 9.72. The van der Waals surface area contributed by atoms with E-state index in [1.807, 2.05) is 34.3 Å². The minimum Gasteiger partial charge on any atom is -0.383 e. The smallest absolute Gasteiger partial charge is 0.251 e. The van der Waals surface area contributed by atoms with Gasteiger partial charge in [0.1, 0.15) is 6.10 Å². The molecule has 1 aromatic rings. The summed E-state index contributed by atoms with van der Waals surface area (Å²) in [5, 5.41) is 10.1. The number of aliphatic hydroxyl groups excluding tert-OH is 1. The van der Waals surface area contributed by atoms with E-state index in [1.165, 1.54) is 5.56 Å². The Labute approximate surface area is 172 Å². The molecule has 0 unspecified atom stereocenters. The number of carbonyl (C=O) groups is 2. The lowest BCUT2D eigenvalue weighted by Gasteiger charge is -2.47. The van der Waals surface area contributed by atoms with Gasteiger partial charge in [0.05, 0.1) is 0 Å². The van der Waals surface area contributed by atoms with Gasteiger partial charge < -0.3 is 14.9 Å². The number of carbonyl (C=O) groups excluding carboxylic acids is 2. The van der Waals surface area contributed by atoms with Crippen LogP contribution < -0.4 is 0 Å². The van der Waals surface area contributed by atoms with Gasteiger partial charge in [-0.25, -0.2) is 0 Å². The summed E-state index contributed by atoms with van der Waals surface area (Å²) in [7, 11) is 0. The van der Waals surface area contributed by atoms with Crippen LogP contribution >= 0.6 is 11.8 Å². The largest absolute Gasteiger partial charge is 0.383 e. The first-order valence-corrected chi connectivity index (χ1v) is 11.7. The molecule has 2 saturated heterocycles. The van der Waals surface area contributed by atoms with Gasteiger partial charge >= 0.3 is 0 Å². The van der Waals surface area contributed by atoms with Crippen LogP contribution in [0.15, 0.2) is 30.3 Å². The number of thioether (sulfide) groups is 1. The molecule has 5 nitrogen and oxygen atoms in total. The van der Waals surface area contributed by atoms with Crippen LogP contribution in [-0.4, -0.2) is 71.0 Å². The number of hydrogen-bond acceptors (Lipinski definition) is 4. The van der Waals surface area contributed by atoms with Crippen molar-refractivity contribution in [3.05, 3.63) is 35.9 Å². The topological polar surface area (TPSA) is 60.9 Å². The van der Waals surface area contributed by atoms with E-state index < -0.39 is 6.10 Å². The molecule has 0 saturated carbocycles. The first-order chi connectivity index (χ1) is 13.5. The Balaban J connectivity index is 1.52. The number of aliphatic hydroxyl groups is 1. The third kappa shape index (κ3) is 5.29. The van der Waals surface area contributed by atoms with Crippen LogP contribution in [0.4, 0.5) is 0 Å². The summed E-state index contributed by atoms with van der Waals surface area (Å²) >= 11 is 1.65. The highest BCUT2D eigenvalue weighted by Gasteiger charge is 2.42. The second-order valence-electron chi connectivity index (χ2n) is 8.17. The number of benzene rings is 1. The second-order valence-corrected chi connectivity index (χ2v) is 9.16. The van der Waals surface area contributed by atoms with Gasteiger partial charge in [-0.05, 0) is 55.1 Å². The fourth-order valence-electron chi connectivity index (χ4n) is 4.39. The van der Waals surface area contributed by atoms with Gasteiger partial charge in [0, 0.05) is 32.6 Å². The molecule has 1 aromatic carbocycles. The Hall–Kier alpha value is -1.53. The van der Waals surface area contributed by atoms with Gasteiger partial charge in [0.25, 0.3) is 5.91 Å². The fourth-order valence-corrected chi connectivity index (χ4v) is 4.85. The van der Waals surface area contributed by atoms with Gasteiger partial charge in [-0.3, -0.25) is 9.59 Å². The van der Waals surface area contributed by atoms with Crippen molar-refractivity contribution in [3.8, 4) is 0 Å². The summed E-state index contributed by atoms with van der Waals surface area (Å²) in [5.41, 5.74) is 1.39. The predicted molar refractivity (Wildman–Crippen MR) is 113 cm³/mol. The Morgan fingerprint density at radius 1 is 1.21 bits per heavy atom. The monoisotopic (exact) mass is 404 g/mol. The fraction of sp³-hybridized carbons (Fsp3) is 0.636. The molecule has 1 atom stereocenters. The Kier molecular flexibility index (Phi) is 7.41. The number of hydrogen-bond donors (Lipinski definition) is 1. The Bertz CT molecular complexity index is 659. The SMILES string of the molecule is CSCC[C@@H](O)C(=O)N1CCC2(CCC(=O)N(CCc3ccccc3)C2)CC1. The quantitative estimate of drug-likeness (QED) is 0.759. The molecule has 1 N–H and O–H groups in total. The second kappa shape index (κ2) is 9.79. The standard InChI is InChI=1S/C22H32N2O3S/c1-28-16-9-19(25)21(27)23-14-11-22(12-15-23)10-7-20(26)24(17-22)13-8-18-5-3-2-4-6-18/h2-6,19,25H,7-17H2,1H3/t19-/m1/s1. The van der Waals surface area contributed by atoms with Crippen molar-refractivity contribution in [2.75, 3.05) is 38.2 Å². The molecule has 0 aromatic heterocycles. The number of nitrogens with zero attached hydrogens (tertiary/aromatic N) is 2. The van der Waals surface area contributed by atoms with Crippen molar-refractivity contribution >= 4 is 23.6 Å². The molecule has 2 amide bonds. The van der Waals surface area contributed by atoms with Crippen LogP contribution in [0.25, 0.3) is 0 Å². The summed E-state index contributed by atoms with van der Waals surface area (Å²) in [6, 6.07) is 10.3. The van der Waals surface area contributed by atoms with Crippen LogP contribution in [0.3, 0.4) is 0 Å². The van der Waals surface area contributed by atoms with Gasteiger partial charge in [0.15, 0.2) is 0 Å². The van der Waals surface area contributed by atoms with Crippen molar-refractivity contribution < 1.29 is 14.7 Å². The molecule has 3 rings (SSSR count). The van der Waals surface area contributed by atoms with E-state index in [4.69, 9.17) is 0 Å². The zero-order valence-electron chi connectivity index (χ0n) is 16.8. The van der Waals surface area contributed by atoms with Crippen molar-refractivity contribution in [3.63, 3.8) is 0 Å². The normalized spacial score (nSPS) is 20.4. The molecule has 154 valence electrons. The molecule has 28 heavy (non-hydrogen) atoms. The Morgan fingerprint density at radius 3 is 2.61 bits per heavy atom. The first-order valence-electron chi connectivity index (χ1n) is 10.3. The molecule has 6 heteroatoms. The van der Waals surface area contributed by atoms with Gasteiger partial charge in [0.2, 0.25) is 5.91 Å². The lowest BCUT2D eigenvalue weighted by molar-refractivity contribution is -0.146. The molecule has 1 spiro atoms. The number of rotatable bonds is 7. The minimum absolute atomic E-state index is 0.128. The van der Waals surface area contributed by atoms with E-state index in [0.29, 0.717) is 25.9 Å². The molecule has 0 radical (unpaired) electrons. The molecule has 0 aliphatic carbocycles. The average Bonchev–Trinajstić information content (AvgIpc) is 2.73. The molecule has 2 aliphatic rings. The van der Waals surface area contributed by atoms with E-state index in [0.717, 1.165) is 44.5 Å². The number of amides is 2. The summed E-state index contributed by atoms with van der Waals surface area (Å²) in [6.07, 6.45) is 5.88. The summed E-state index contributed by atoms with van der Waals surface area (Å²) in [4.78, 5) is 28.7. The van der Waals surface area contributed by atoms with E-state index in [1.54, 1.807) is 11.8 Å². The molecule has 2 aliphatic heterocycles. The zero-order chi connectivity index (χ0) is 20.0. The molecule has 2 fully saturated rings. The number of likely N-dealkylation sites (tertiary alicyclic amines) is 2. The third-order valence-electron chi connectivity index (χ3n) is 6.28. The molecular formula is C22H32N2O3S. The summed E-state index contributed by atoms with van der Waals surface area (Å²) < 4.78 is 0. The summed E-state index contributed by atoms with van der Waals surface area (Å²) in [5.74, 6) is 0.924. The zero-order valence-corrected chi connectivity index (χ0v) is 17.6. The Morgan fingerprint density at radius 2 is 1.93 bits per heavy atom. The van der Waals surface area contributed by atoms with Crippen LogP contribution in [0, 0.1) is 5.41 Å². The maximum Gasteiger partial charge on any atom is 0.251 e. The van der Waals surface area contributed by atoms with Crippen LogP contribution in [0.1, 0.15) is 37.7 Å². The van der Waals surface area contributed by atoms with Gasteiger partial charge in [-0.15, -0.1) is 0 Å².